The van der Waals surface area contributed by atoms with Gasteiger partial charge in [0.2, 0.25) is 5.82 Å². The average molecular weight is 192 g/mol. The Kier molecular flexibility index (Phi) is 2.87. The first-order valence-corrected chi connectivity index (χ1v) is 4.27. The van der Waals surface area contributed by atoms with Gasteiger partial charge in [-0.05, 0) is 13.3 Å². The minimum absolute atomic E-state index is 0.167. The number of aromatic amines is 1. The molecule has 1 aromatic heterocycles. The molecule has 1 aromatic rings. The smallest absolute Gasteiger partial charge is 0.289 e. The van der Waals surface area contributed by atoms with Crippen molar-refractivity contribution in [1.82, 2.24) is 20.5 Å². The first-order valence-electron chi connectivity index (χ1n) is 4.27. The molecule has 1 heterocycles. The van der Waals surface area contributed by atoms with Gasteiger partial charge in [0.15, 0.2) is 0 Å². The molecule has 0 fully saturated rings. The van der Waals surface area contributed by atoms with E-state index in [0.717, 1.165) is 0 Å². The van der Waals surface area contributed by atoms with Crippen LogP contribution in [0.5, 0.6) is 0 Å². The molecule has 2 N–H and O–H groups in total. The van der Waals surface area contributed by atoms with Crippen LogP contribution >= 0.6 is 0 Å². The van der Waals surface area contributed by atoms with E-state index < -0.39 is 5.54 Å². The van der Waals surface area contributed by atoms with Crippen molar-refractivity contribution in [3.8, 4) is 12.3 Å². The zero-order valence-corrected chi connectivity index (χ0v) is 8.16. The van der Waals surface area contributed by atoms with Crippen molar-refractivity contribution in [3.05, 3.63) is 12.2 Å². The molecule has 0 radical (unpaired) electrons. The Bertz CT molecular complexity index is 351. The summed E-state index contributed by atoms with van der Waals surface area (Å²) >= 11 is 0. The van der Waals surface area contributed by atoms with Gasteiger partial charge >= 0.3 is 0 Å². The summed E-state index contributed by atoms with van der Waals surface area (Å²) in [6.45, 7) is 3.68. The molecule has 1 unspecified atom stereocenters. The molecular formula is C9H12N4O. The van der Waals surface area contributed by atoms with E-state index >= 15 is 0 Å². The molecule has 1 rings (SSSR count). The molecule has 1 amide bonds. The van der Waals surface area contributed by atoms with Gasteiger partial charge in [-0.2, -0.15) is 5.10 Å². The normalized spacial score (nSPS) is 14.1. The second kappa shape index (κ2) is 3.92. The van der Waals surface area contributed by atoms with Crippen LogP contribution in [-0.4, -0.2) is 26.6 Å². The fourth-order valence-electron chi connectivity index (χ4n) is 0.851. The van der Waals surface area contributed by atoms with Crippen molar-refractivity contribution in [3.63, 3.8) is 0 Å². The minimum atomic E-state index is -0.635. The number of hydrogen-bond donors (Lipinski definition) is 2. The van der Waals surface area contributed by atoms with Crippen LogP contribution in [0.15, 0.2) is 6.33 Å². The maximum Gasteiger partial charge on any atom is 0.289 e. The maximum absolute atomic E-state index is 11.5. The van der Waals surface area contributed by atoms with Crippen molar-refractivity contribution in [1.29, 1.82) is 0 Å². The SMILES string of the molecule is C#CC(C)(CC)NC(=O)c1ncn[nH]1. The Morgan fingerprint density at radius 1 is 1.86 bits per heavy atom. The number of terminal acetylenes is 1. The van der Waals surface area contributed by atoms with Crippen LogP contribution in [0.2, 0.25) is 0 Å². The van der Waals surface area contributed by atoms with Gasteiger partial charge in [-0.1, -0.05) is 12.8 Å². The topological polar surface area (TPSA) is 70.7 Å². The van der Waals surface area contributed by atoms with E-state index in [4.69, 9.17) is 6.42 Å². The predicted molar refractivity (Wildman–Crippen MR) is 51.4 cm³/mol. The standard InChI is InChI=1S/C9H12N4O/c1-4-9(3,5-2)12-8(14)7-10-6-11-13-7/h1,6H,5H2,2-3H3,(H,12,14)(H,10,11,13). The summed E-state index contributed by atoms with van der Waals surface area (Å²) in [6.07, 6.45) is 7.24. The molecular weight excluding hydrogens is 180 g/mol. The number of hydrogen-bond acceptors (Lipinski definition) is 3. The third kappa shape index (κ3) is 2.10. The molecule has 1 atom stereocenters. The highest BCUT2D eigenvalue weighted by atomic mass is 16.2. The monoisotopic (exact) mass is 192 g/mol. The second-order valence-electron chi connectivity index (χ2n) is 3.12. The average Bonchev–Trinajstić information content (AvgIpc) is 2.70. The first kappa shape index (κ1) is 10.3. The lowest BCUT2D eigenvalue weighted by Gasteiger charge is -2.22. The number of amides is 1. The fraction of sp³-hybridized carbons (Fsp3) is 0.444. The Morgan fingerprint density at radius 3 is 3.00 bits per heavy atom. The van der Waals surface area contributed by atoms with Gasteiger partial charge in [-0.15, -0.1) is 6.42 Å². The summed E-state index contributed by atoms with van der Waals surface area (Å²) in [5, 5.41) is 8.73. The van der Waals surface area contributed by atoms with Crippen LogP contribution in [0.3, 0.4) is 0 Å². The largest absolute Gasteiger partial charge is 0.333 e. The summed E-state index contributed by atoms with van der Waals surface area (Å²) in [4.78, 5) is 15.2. The van der Waals surface area contributed by atoms with Gasteiger partial charge in [0.1, 0.15) is 6.33 Å². The second-order valence-corrected chi connectivity index (χ2v) is 3.12. The predicted octanol–water partition coefficient (Wildman–Crippen LogP) is 0.336. The molecule has 5 heteroatoms. The van der Waals surface area contributed by atoms with E-state index in [1.54, 1.807) is 6.92 Å². The van der Waals surface area contributed by atoms with Gasteiger partial charge in [0.05, 0.1) is 5.54 Å². The quantitative estimate of drug-likeness (QED) is 0.678. The van der Waals surface area contributed by atoms with Crippen LogP contribution in [-0.2, 0) is 0 Å². The van der Waals surface area contributed by atoms with E-state index in [9.17, 15) is 4.79 Å². The Morgan fingerprint density at radius 2 is 2.57 bits per heavy atom. The summed E-state index contributed by atoms with van der Waals surface area (Å²) in [7, 11) is 0. The van der Waals surface area contributed by atoms with E-state index in [-0.39, 0.29) is 11.7 Å². The van der Waals surface area contributed by atoms with Gasteiger partial charge in [-0.3, -0.25) is 9.89 Å². The molecule has 0 spiro atoms. The highest BCUT2D eigenvalue weighted by Gasteiger charge is 2.22. The maximum atomic E-state index is 11.5. The summed E-state index contributed by atoms with van der Waals surface area (Å²) < 4.78 is 0. The van der Waals surface area contributed by atoms with Gasteiger partial charge < -0.3 is 5.32 Å². The lowest BCUT2D eigenvalue weighted by Crippen LogP contribution is -2.44. The molecule has 0 saturated carbocycles. The van der Waals surface area contributed by atoms with Crippen LogP contribution in [0, 0.1) is 12.3 Å². The minimum Gasteiger partial charge on any atom is -0.333 e. The van der Waals surface area contributed by atoms with Crippen LogP contribution in [0.25, 0.3) is 0 Å². The van der Waals surface area contributed by atoms with E-state index in [2.05, 4.69) is 26.4 Å². The molecule has 0 aromatic carbocycles. The molecule has 0 aliphatic rings. The number of carbonyl (C=O) groups is 1. The molecule has 0 saturated heterocycles. The molecule has 0 bridgehead atoms. The van der Waals surface area contributed by atoms with Crippen molar-refractivity contribution >= 4 is 5.91 Å². The third-order valence-electron chi connectivity index (χ3n) is 2.05. The number of H-pyrrole nitrogens is 1. The Hall–Kier alpha value is -1.83. The highest BCUT2D eigenvalue weighted by Crippen LogP contribution is 2.07. The molecule has 0 aliphatic heterocycles. The zero-order chi connectivity index (χ0) is 10.6. The van der Waals surface area contributed by atoms with E-state index in [1.807, 2.05) is 6.92 Å². The lowest BCUT2D eigenvalue weighted by atomic mass is 10.0. The van der Waals surface area contributed by atoms with Crippen LogP contribution in [0.1, 0.15) is 30.9 Å². The Balaban J connectivity index is 2.71. The molecule has 74 valence electrons. The van der Waals surface area contributed by atoms with Crippen molar-refractivity contribution < 1.29 is 4.79 Å². The fourth-order valence-corrected chi connectivity index (χ4v) is 0.851. The van der Waals surface area contributed by atoms with Crippen molar-refractivity contribution in [2.24, 2.45) is 0 Å². The van der Waals surface area contributed by atoms with E-state index in [0.29, 0.717) is 6.42 Å². The van der Waals surface area contributed by atoms with Crippen LogP contribution < -0.4 is 5.32 Å². The summed E-state index contributed by atoms with van der Waals surface area (Å²) in [6, 6.07) is 0. The zero-order valence-electron chi connectivity index (χ0n) is 8.16. The van der Waals surface area contributed by atoms with Crippen LogP contribution in [0.4, 0.5) is 0 Å². The van der Waals surface area contributed by atoms with Crippen molar-refractivity contribution in [2.75, 3.05) is 0 Å². The lowest BCUT2D eigenvalue weighted by molar-refractivity contribution is 0.0913. The van der Waals surface area contributed by atoms with Gasteiger partial charge in [0, 0.05) is 0 Å². The van der Waals surface area contributed by atoms with Gasteiger partial charge in [0.25, 0.3) is 5.91 Å². The molecule has 5 nitrogen and oxygen atoms in total. The van der Waals surface area contributed by atoms with E-state index in [1.165, 1.54) is 6.33 Å². The number of rotatable bonds is 3. The molecule has 14 heavy (non-hydrogen) atoms. The van der Waals surface area contributed by atoms with Gasteiger partial charge in [-0.25, -0.2) is 4.98 Å². The Labute approximate surface area is 82.3 Å². The third-order valence-corrected chi connectivity index (χ3v) is 2.05. The summed E-state index contributed by atoms with van der Waals surface area (Å²) in [5.41, 5.74) is -0.635. The van der Waals surface area contributed by atoms with Crippen molar-refractivity contribution in [2.45, 2.75) is 25.8 Å². The summed E-state index contributed by atoms with van der Waals surface area (Å²) in [5.74, 6) is 2.35. The first-order chi connectivity index (χ1) is 6.61. The molecule has 0 aliphatic carbocycles. The highest BCUT2D eigenvalue weighted by molar-refractivity contribution is 5.91. The number of nitrogens with one attached hydrogen (secondary N) is 2. The number of nitrogens with zero attached hydrogens (tertiary/aromatic N) is 2. The number of aromatic nitrogens is 3. The number of carbonyl (C=O) groups excluding carboxylic acids is 1.